The van der Waals surface area contributed by atoms with Crippen LogP contribution in [0.15, 0.2) is 30.2 Å². The highest BCUT2D eigenvalue weighted by atomic mass is 79.9. The fourth-order valence-corrected chi connectivity index (χ4v) is 4.60. The van der Waals surface area contributed by atoms with Crippen molar-refractivity contribution >= 4 is 70.7 Å². The minimum atomic E-state index is -0.352. The quantitative estimate of drug-likeness (QED) is 0.595. The molecular formula is C12H7Br3FNOS. The Bertz CT molecular complexity index is 657. The van der Waals surface area contributed by atoms with Crippen molar-refractivity contribution in [2.45, 2.75) is 6.92 Å². The molecule has 1 heterocycles. The number of rotatable bonds is 2. The van der Waals surface area contributed by atoms with E-state index in [4.69, 9.17) is 0 Å². The minimum absolute atomic E-state index is 0.240. The monoisotopic (exact) mass is 469 g/mol. The van der Waals surface area contributed by atoms with E-state index in [1.54, 1.807) is 19.1 Å². The van der Waals surface area contributed by atoms with Crippen molar-refractivity contribution in [3.63, 3.8) is 0 Å². The van der Waals surface area contributed by atoms with E-state index in [2.05, 4.69) is 53.1 Å². The molecule has 0 saturated carbocycles. The Hall–Kier alpha value is -0.240. The summed E-state index contributed by atoms with van der Waals surface area (Å²) in [5.41, 5.74) is 1.78. The highest BCUT2D eigenvalue weighted by molar-refractivity contribution is 9.12. The van der Waals surface area contributed by atoms with Gasteiger partial charge in [-0.2, -0.15) is 0 Å². The average molecular weight is 472 g/mol. The molecule has 0 bridgehead atoms. The molecule has 0 unspecified atom stereocenters. The van der Waals surface area contributed by atoms with Gasteiger partial charge >= 0.3 is 0 Å². The van der Waals surface area contributed by atoms with Crippen LogP contribution in [-0.2, 0) is 0 Å². The number of hydrogen-bond acceptors (Lipinski definition) is 2. The molecule has 100 valence electrons. The first-order valence-electron chi connectivity index (χ1n) is 5.10. The molecule has 0 fully saturated rings. The Morgan fingerprint density at radius 2 is 1.95 bits per heavy atom. The van der Waals surface area contributed by atoms with E-state index in [0.717, 1.165) is 7.57 Å². The van der Waals surface area contributed by atoms with E-state index < -0.39 is 0 Å². The Labute approximate surface area is 138 Å². The molecule has 1 amide bonds. The zero-order chi connectivity index (χ0) is 14.2. The normalized spacial score (nSPS) is 10.6. The van der Waals surface area contributed by atoms with Crippen molar-refractivity contribution in [3.8, 4) is 0 Å². The van der Waals surface area contributed by atoms with E-state index in [1.807, 2.05) is 0 Å². The van der Waals surface area contributed by atoms with Gasteiger partial charge in [-0.3, -0.25) is 4.79 Å². The molecule has 0 aliphatic carbocycles. The Balaban J connectivity index is 2.29. The Morgan fingerprint density at radius 3 is 2.53 bits per heavy atom. The third-order valence-electron chi connectivity index (χ3n) is 2.42. The third-order valence-corrected chi connectivity index (χ3v) is 5.36. The number of anilines is 1. The van der Waals surface area contributed by atoms with Crippen LogP contribution >= 0.6 is 59.1 Å². The largest absolute Gasteiger partial charge is 0.322 e. The third kappa shape index (κ3) is 3.45. The lowest BCUT2D eigenvalue weighted by Crippen LogP contribution is -2.12. The topological polar surface area (TPSA) is 29.1 Å². The summed E-state index contributed by atoms with van der Waals surface area (Å²) in [4.78, 5) is 12.1. The molecule has 0 spiro atoms. The van der Waals surface area contributed by atoms with E-state index >= 15 is 0 Å². The van der Waals surface area contributed by atoms with Gasteiger partial charge in [0.1, 0.15) is 5.82 Å². The maximum atomic E-state index is 13.3. The van der Waals surface area contributed by atoms with Crippen LogP contribution in [0.25, 0.3) is 0 Å². The van der Waals surface area contributed by atoms with Gasteiger partial charge in [-0.25, -0.2) is 4.39 Å². The highest BCUT2D eigenvalue weighted by Gasteiger charge is 2.15. The van der Waals surface area contributed by atoms with Gasteiger partial charge in [-0.05, 0) is 78.5 Å². The van der Waals surface area contributed by atoms with Gasteiger partial charge < -0.3 is 5.32 Å². The average Bonchev–Trinajstić information content (AvgIpc) is 2.65. The van der Waals surface area contributed by atoms with Gasteiger partial charge in [0, 0.05) is 5.69 Å². The van der Waals surface area contributed by atoms with E-state index in [9.17, 15) is 9.18 Å². The summed E-state index contributed by atoms with van der Waals surface area (Å²) in [5, 5.41) is 2.77. The predicted octanol–water partition coefficient (Wildman–Crippen LogP) is 5.74. The van der Waals surface area contributed by atoms with Gasteiger partial charge in [0.05, 0.1) is 17.6 Å². The Morgan fingerprint density at radius 1 is 1.26 bits per heavy atom. The smallest absolute Gasteiger partial charge is 0.257 e. The number of carbonyl (C=O) groups is 1. The fourth-order valence-electron chi connectivity index (χ4n) is 1.47. The standard InChI is InChI=1S/C12H7Br3FNOS/c1-5-2-8(16)7(13)4-9(5)17-12(18)6-3-10(14)19-11(6)15/h2-4H,1H3,(H,17,18). The van der Waals surface area contributed by atoms with Crippen LogP contribution in [0.2, 0.25) is 0 Å². The van der Waals surface area contributed by atoms with Crippen LogP contribution in [0.3, 0.4) is 0 Å². The first kappa shape index (κ1) is 15.2. The summed E-state index contributed by atoms with van der Waals surface area (Å²) in [7, 11) is 0. The summed E-state index contributed by atoms with van der Waals surface area (Å²) in [5.74, 6) is -0.592. The van der Waals surface area contributed by atoms with E-state index in [1.165, 1.54) is 17.4 Å². The number of thiophene rings is 1. The fraction of sp³-hybridized carbons (Fsp3) is 0.0833. The molecule has 0 radical (unpaired) electrons. The molecule has 19 heavy (non-hydrogen) atoms. The van der Waals surface area contributed by atoms with E-state index in [-0.39, 0.29) is 11.7 Å². The molecule has 1 aromatic carbocycles. The lowest BCUT2D eigenvalue weighted by Gasteiger charge is -2.09. The number of hydrogen-bond donors (Lipinski definition) is 1. The maximum absolute atomic E-state index is 13.3. The van der Waals surface area contributed by atoms with Crippen LogP contribution < -0.4 is 5.32 Å². The van der Waals surface area contributed by atoms with Gasteiger partial charge in [-0.15, -0.1) is 11.3 Å². The molecule has 2 nitrogen and oxygen atoms in total. The molecule has 2 aromatic rings. The van der Waals surface area contributed by atoms with E-state index in [0.29, 0.717) is 21.3 Å². The van der Waals surface area contributed by atoms with Gasteiger partial charge in [-0.1, -0.05) is 0 Å². The van der Waals surface area contributed by atoms with Crippen molar-refractivity contribution in [1.29, 1.82) is 0 Å². The van der Waals surface area contributed by atoms with Crippen LogP contribution in [0, 0.1) is 12.7 Å². The number of carbonyl (C=O) groups excluding carboxylic acids is 1. The number of benzene rings is 1. The Kier molecular flexibility index (Phi) is 4.81. The van der Waals surface area contributed by atoms with Crippen LogP contribution in [-0.4, -0.2) is 5.91 Å². The highest BCUT2D eigenvalue weighted by Crippen LogP contribution is 2.33. The first-order chi connectivity index (χ1) is 8.88. The second-order valence-electron chi connectivity index (χ2n) is 3.77. The number of halogens is 4. The predicted molar refractivity (Wildman–Crippen MR) is 86.5 cm³/mol. The van der Waals surface area contributed by atoms with Crippen LogP contribution in [0.4, 0.5) is 10.1 Å². The van der Waals surface area contributed by atoms with Crippen molar-refractivity contribution in [2.24, 2.45) is 0 Å². The summed E-state index contributed by atoms with van der Waals surface area (Å²) < 4.78 is 15.2. The number of aryl methyl sites for hydroxylation is 1. The molecule has 1 aromatic heterocycles. The second kappa shape index (κ2) is 6.03. The van der Waals surface area contributed by atoms with Crippen molar-refractivity contribution in [1.82, 2.24) is 0 Å². The summed E-state index contributed by atoms with van der Waals surface area (Å²) in [6.07, 6.45) is 0. The minimum Gasteiger partial charge on any atom is -0.322 e. The lowest BCUT2D eigenvalue weighted by molar-refractivity contribution is 0.102. The molecule has 7 heteroatoms. The summed E-state index contributed by atoms with van der Waals surface area (Å²) in [6, 6.07) is 4.66. The van der Waals surface area contributed by atoms with Gasteiger partial charge in [0.25, 0.3) is 5.91 Å². The molecule has 0 atom stereocenters. The second-order valence-corrected chi connectivity index (χ2v) is 8.38. The van der Waals surface area contributed by atoms with Crippen LogP contribution in [0.5, 0.6) is 0 Å². The summed E-state index contributed by atoms with van der Waals surface area (Å²) in [6.45, 7) is 1.74. The summed E-state index contributed by atoms with van der Waals surface area (Å²) >= 11 is 11.2. The van der Waals surface area contributed by atoms with Gasteiger partial charge in [0.15, 0.2) is 0 Å². The zero-order valence-corrected chi connectivity index (χ0v) is 15.1. The molecule has 1 N–H and O–H groups in total. The first-order valence-corrected chi connectivity index (χ1v) is 8.30. The van der Waals surface area contributed by atoms with Crippen LogP contribution in [0.1, 0.15) is 15.9 Å². The molecule has 0 aliphatic rings. The number of nitrogens with one attached hydrogen (secondary N) is 1. The molecule has 2 rings (SSSR count). The molecule has 0 saturated heterocycles. The van der Waals surface area contributed by atoms with Crippen molar-refractivity contribution < 1.29 is 9.18 Å². The van der Waals surface area contributed by atoms with Crippen molar-refractivity contribution in [2.75, 3.05) is 5.32 Å². The zero-order valence-electron chi connectivity index (χ0n) is 9.56. The van der Waals surface area contributed by atoms with Gasteiger partial charge in [0.2, 0.25) is 0 Å². The molecular weight excluding hydrogens is 465 g/mol. The SMILES string of the molecule is Cc1cc(F)c(Br)cc1NC(=O)c1cc(Br)sc1Br. The van der Waals surface area contributed by atoms with Crippen molar-refractivity contribution in [3.05, 3.63) is 47.2 Å². The molecule has 0 aliphatic heterocycles. The lowest BCUT2D eigenvalue weighted by atomic mass is 10.2. The maximum Gasteiger partial charge on any atom is 0.257 e. The number of amides is 1.